The predicted molar refractivity (Wildman–Crippen MR) is 142 cm³/mol. The largest absolute Gasteiger partial charge is 0.369 e. The molecule has 180 valence electrons. The highest BCUT2D eigenvalue weighted by Crippen LogP contribution is 2.34. The molecule has 2 fully saturated rings. The maximum absolute atomic E-state index is 9.55. The van der Waals surface area contributed by atoms with Crippen LogP contribution in [0.15, 0.2) is 48.7 Å². The molecular weight excluding hydrogens is 432 g/mol. The number of benzene rings is 2. The zero-order chi connectivity index (χ0) is 23.8. The summed E-state index contributed by atoms with van der Waals surface area (Å²) >= 11 is 0. The molecule has 2 atom stereocenters. The van der Waals surface area contributed by atoms with E-state index in [1.54, 1.807) is 6.20 Å². The number of rotatable bonds is 3. The maximum Gasteiger partial charge on any atom is 0.101 e. The van der Waals surface area contributed by atoms with Gasteiger partial charge in [0.15, 0.2) is 0 Å². The third-order valence-electron chi connectivity index (χ3n) is 8.08. The number of fused-ring (bicyclic) bond motifs is 2. The van der Waals surface area contributed by atoms with E-state index in [4.69, 9.17) is 0 Å². The van der Waals surface area contributed by atoms with Crippen LogP contribution in [-0.2, 0) is 13.0 Å². The molecule has 0 radical (unpaired) electrons. The molecular formula is C29H34N6. The second-order valence-electron chi connectivity index (χ2n) is 10.5. The van der Waals surface area contributed by atoms with E-state index >= 15 is 0 Å². The molecule has 3 aliphatic heterocycles. The molecule has 2 aromatic carbocycles. The maximum atomic E-state index is 9.55. The van der Waals surface area contributed by atoms with Crippen LogP contribution in [0.2, 0.25) is 0 Å². The monoisotopic (exact) mass is 466 g/mol. The van der Waals surface area contributed by atoms with Crippen molar-refractivity contribution in [2.75, 3.05) is 55.6 Å². The minimum Gasteiger partial charge on any atom is -0.369 e. The topological polar surface area (TPSA) is 58.4 Å². The molecule has 3 aromatic rings. The van der Waals surface area contributed by atoms with Gasteiger partial charge < -0.3 is 15.1 Å². The minimum absolute atomic E-state index is 0.530. The molecule has 2 saturated heterocycles. The summed E-state index contributed by atoms with van der Waals surface area (Å²) in [6, 6.07) is 18.1. The number of hydrogen-bond donors (Lipinski definition) is 1. The van der Waals surface area contributed by atoms with Crippen LogP contribution in [0.1, 0.15) is 30.0 Å². The number of nitrogens with one attached hydrogen (secondary N) is 1. The molecule has 1 unspecified atom stereocenters. The van der Waals surface area contributed by atoms with Gasteiger partial charge >= 0.3 is 0 Å². The molecule has 0 bridgehead atoms. The molecule has 0 aliphatic carbocycles. The fourth-order valence-electron chi connectivity index (χ4n) is 6.30. The van der Waals surface area contributed by atoms with E-state index in [0.717, 1.165) is 69.7 Å². The first-order valence-electron chi connectivity index (χ1n) is 13.0. The van der Waals surface area contributed by atoms with Crippen LogP contribution < -0.4 is 15.1 Å². The van der Waals surface area contributed by atoms with E-state index in [1.165, 1.54) is 28.9 Å². The molecule has 6 rings (SSSR count). The standard InChI is InChI=1S/C29H34N6/c1-21-15-26(20-35(18-21)28-7-5-23(17-30)29-27(28)3-2-9-32-29)34-12-8-22-16-25(6-4-24(22)19-34)33-13-10-31-11-14-33/h2-7,9,16,21,26,31H,8,10-15,18-20H2,1H3/t21-,26?/m0/s1. The quantitative estimate of drug-likeness (QED) is 0.634. The molecule has 4 heterocycles. The van der Waals surface area contributed by atoms with Crippen LogP contribution in [0.3, 0.4) is 0 Å². The lowest BCUT2D eigenvalue weighted by atomic mass is 9.91. The number of nitrogens with zero attached hydrogens (tertiary/aromatic N) is 5. The van der Waals surface area contributed by atoms with Crippen molar-refractivity contribution in [2.24, 2.45) is 5.92 Å². The predicted octanol–water partition coefficient (Wildman–Crippen LogP) is 3.79. The molecule has 0 saturated carbocycles. The number of piperazine rings is 1. The van der Waals surface area contributed by atoms with Crippen molar-refractivity contribution in [3.05, 3.63) is 65.4 Å². The molecule has 6 nitrogen and oxygen atoms in total. The number of aromatic nitrogens is 1. The molecule has 3 aliphatic rings. The van der Waals surface area contributed by atoms with Gasteiger partial charge in [-0.1, -0.05) is 13.0 Å². The van der Waals surface area contributed by atoms with Gasteiger partial charge in [-0.25, -0.2) is 0 Å². The zero-order valence-corrected chi connectivity index (χ0v) is 20.6. The summed E-state index contributed by atoms with van der Waals surface area (Å²) in [7, 11) is 0. The number of nitriles is 1. The Morgan fingerprint density at radius 1 is 1.00 bits per heavy atom. The molecule has 0 amide bonds. The average Bonchev–Trinajstić information content (AvgIpc) is 2.92. The van der Waals surface area contributed by atoms with Crippen molar-refractivity contribution in [1.29, 1.82) is 5.26 Å². The Morgan fingerprint density at radius 2 is 1.89 bits per heavy atom. The highest BCUT2D eigenvalue weighted by atomic mass is 15.2. The SMILES string of the molecule is C[C@H]1CC(N2CCc3cc(N4CCNCC4)ccc3C2)CN(c2ccc(C#N)c3ncccc23)C1. The Balaban J connectivity index is 1.22. The summed E-state index contributed by atoms with van der Waals surface area (Å²) in [6.07, 6.45) is 4.15. The lowest BCUT2D eigenvalue weighted by molar-refractivity contribution is 0.143. The van der Waals surface area contributed by atoms with Crippen molar-refractivity contribution in [3.8, 4) is 6.07 Å². The Kier molecular flexibility index (Phi) is 6.05. The number of pyridine rings is 1. The Hall–Kier alpha value is -3.14. The smallest absolute Gasteiger partial charge is 0.101 e. The highest BCUT2D eigenvalue weighted by molar-refractivity contribution is 5.95. The Bertz CT molecular complexity index is 1260. The molecule has 6 heteroatoms. The lowest BCUT2D eigenvalue weighted by Crippen LogP contribution is -2.52. The van der Waals surface area contributed by atoms with E-state index in [-0.39, 0.29) is 0 Å². The van der Waals surface area contributed by atoms with Crippen LogP contribution in [0.25, 0.3) is 10.9 Å². The van der Waals surface area contributed by atoms with Gasteiger partial charge in [-0.2, -0.15) is 5.26 Å². The first-order valence-corrected chi connectivity index (χ1v) is 13.0. The van der Waals surface area contributed by atoms with Gasteiger partial charge in [-0.05, 0) is 66.3 Å². The van der Waals surface area contributed by atoms with Crippen molar-refractivity contribution in [2.45, 2.75) is 32.4 Å². The van der Waals surface area contributed by atoms with Gasteiger partial charge in [-0.3, -0.25) is 9.88 Å². The first kappa shape index (κ1) is 22.3. The van der Waals surface area contributed by atoms with Crippen molar-refractivity contribution in [3.63, 3.8) is 0 Å². The first-order chi connectivity index (χ1) is 17.2. The third kappa shape index (κ3) is 4.35. The fraction of sp³-hybridized carbons (Fsp3) is 0.448. The summed E-state index contributed by atoms with van der Waals surface area (Å²) < 4.78 is 0. The van der Waals surface area contributed by atoms with Gasteiger partial charge in [0.2, 0.25) is 0 Å². The molecule has 35 heavy (non-hydrogen) atoms. The van der Waals surface area contributed by atoms with Crippen LogP contribution in [0.4, 0.5) is 11.4 Å². The summed E-state index contributed by atoms with van der Waals surface area (Å²) in [5.74, 6) is 0.618. The summed E-state index contributed by atoms with van der Waals surface area (Å²) in [6.45, 7) is 11.0. The van der Waals surface area contributed by atoms with Crippen LogP contribution >= 0.6 is 0 Å². The lowest BCUT2D eigenvalue weighted by Gasteiger charge is -2.45. The van der Waals surface area contributed by atoms with E-state index in [9.17, 15) is 5.26 Å². The van der Waals surface area contributed by atoms with Gasteiger partial charge in [0, 0.05) is 81.4 Å². The summed E-state index contributed by atoms with van der Waals surface area (Å²) in [5, 5.41) is 14.1. The van der Waals surface area contributed by atoms with Crippen molar-refractivity contribution < 1.29 is 0 Å². The third-order valence-corrected chi connectivity index (χ3v) is 8.08. The van der Waals surface area contributed by atoms with E-state index < -0.39 is 0 Å². The number of piperidine rings is 1. The van der Waals surface area contributed by atoms with Gasteiger partial charge in [-0.15, -0.1) is 0 Å². The summed E-state index contributed by atoms with van der Waals surface area (Å²) in [4.78, 5) is 12.3. The van der Waals surface area contributed by atoms with E-state index in [0.29, 0.717) is 17.5 Å². The number of hydrogen-bond acceptors (Lipinski definition) is 6. The fourth-order valence-corrected chi connectivity index (χ4v) is 6.30. The van der Waals surface area contributed by atoms with E-state index in [1.807, 2.05) is 12.1 Å². The van der Waals surface area contributed by atoms with Crippen molar-refractivity contribution in [1.82, 2.24) is 15.2 Å². The van der Waals surface area contributed by atoms with Crippen LogP contribution in [0.5, 0.6) is 0 Å². The molecule has 1 N–H and O–H groups in total. The van der Waals surface area contributed by atoms with Crippen LogP contribution in [0, 0.1) is 17.2 Å². The highest BCUT2D eigenvalue weighted by Gasteiger charge is 2.32. The number of anilines is 2. The van der Waals surface area contributed by atoms with Gasteiger partial charge in [0.05, 0.1) is 11.1 Å². The molecule has 1 aromatic heterocycles. The van der Waals surface area contributed by atoms with E-state index in [2.05, 4.69) is 68.3 Å². The zero-order valence-electron chi connectivity index (χ0n) is 20.6. The van der Waals surface area contributed by atoms with Gasteiger partial charge in [0.25, 0.3) is 0 Å². The van der Waals surface area contributed by atoms with Crippen LogP contribution in [-0.4, -0.2) is 61.7 Å². The van der Waals surface area contributed by atoms with Gasteiger partial charge in [0.1, 0.15) is 6.07 Å². The normalized spacial score (nSPS) is 23.2. The summed E-state index contributed by atoms with van der Waals surface area (Å²) in [5.41, 5.74) is 7.09. The molecule has 0 spiro atoms. The second-order valence-corrected chi connectivity index (χ2v) is 10.5. The Morgan fingerprint density at radius 3 is 2.74 bits per heavy atom. The minimum atomic E-state index is 0.530. The average molecular weight is 467 g/mol. The second kappa shape index (κ2) is 9.49. The van der Waals surface area contributed by atoms with Crippen molar-refractivity contribution >= 4 is 22.3 Å². The Labute approximate surface area is 208 Å².